The Labute approximate surface area is 631 Å². The fourth-order valence-corrected chi connectivity index (χ4v) is 11.3. The monoisotopic (exact) mass is 1530 g/mol. The molecule has 0 saturated heterocycles. The van der Waals surface area contributed by atoms with Gasteiger partial charge >= 0.3 is 12.5 Å². The smallest absolute Gasteiger partial charge is 0.406 e. The van der Waals surface area contributed by atoms with Gasteiger partial charge in [0, 0.05) is 27.0 Å². The molecule has 0 unspecified atom stereocenters. The fourth-order valence-electron chi connectivity index (χ4n) is 9.82. The van der Waals surface area contributed by atoms with Gasteiger partial charge in [-0.05, 0) is 221 Å². The van der Waals surface area contributed by atoms with Crippen LogP contribution in [0.1, 0.15) is 242 Å². The van der Waals surface area contributed by atoms with Crippen LogP contribution >= 0.6 is 58.0 Å². The van der Waals surface area contributed by atoms with Crippen molar-refractivity contribution in [1.29, 1.82) is 5.26 Å². The zero-order chi connectivity index (χ0) is 78.7. The minimum atomic E-state index is -4.62. The summed E-state index contributed by atoms with van der Waals surface area (Å²) >= 11 is 29.3. The second-order valence-corrected chi connectivity index (χ2v) is 29.1. The zero-order valence-corrected chi connectivity index (χ0v) is 66.4. The molecule has 9 aromatic rings. The number of nitriles is 1. The van der Waals surface area contributed by atoms with Crippen molar-refractivity contribution in [2.45, 2.75) is 205 Å². The molecule has 0 atom stereocenters. The molecule has 0 spiro atoms. The number of alkyl halides is 6. The van der Waals surface area contributed by atoms with Crippen molar-refractivity contribution in [1.82, 2.24) is 4.98 Å². The van der Waals surface area contributed by atoms with Crippen LogP contribution in [0, 0.1) is 69.2 Å². The fraction of sp³-hybridized carbons (Fsp3) is 0.365. The molecule has 0 radical (unpaired) electrons. The van der Waals surface area contributed by atoms with Crippen LogP contribution in [-0.4, -0.2) is 11.3 Å². The van der Waals surface area contributed by atoms with Crippen molar-refractivity contribution in [2.75, 3.05) is 0 Å². The highest BCUT2D eigenvalue weighted by Crippen LogP contribution is 2.34. The Morgan fingerprint density at radius 2 is 0.874 bits per heavy atom. The highest BCUT2D eigenvalue weighted by atomic mass is 35.5. The quantitative estimate of drug-likeness (QED) is 0.101. The maximum Gasteiger partial charge on any atom is 0.573 e. The van der Waals surface area contributed by atoms with Gasteiger partial charge in [-0.2, -0.15) is 18.4 Å². The summed E-state index contributed by atoms with van der Waals surface area (Å²) in [6.07, 6.45) is -7.69. The second kappa shape index (κ2) is 43.4. The zero-order valence-electron chi connectivity index (χ0n) is 62.6. The van der Waals surface area contributed by atoms with Crippen LogP contribution in [0.3, 0.4) is 0 Å². The molecular weight excluding hydrogens is 1430 g/mol. The van der Waals surface area contributed by atoms with Crippen LogP contribution in [0.25, 0.3) is 11.1 Å². The Balaban J connectivity index is 0.000000401. The molecule has 0 N–H and O–H groups in total. The van der Waals surface area contributed by atoms with Gasteiger partial charge in [0.05, 0.1) is 27.2 Å². The first-order valence-electron chi connectivity index (χ1n) is 33.8. The van der Waals surface area contributed by atoms with E-state index in [1.165, 1.54) is 76.0 Å². The molecule has 18 heteroatoms. The summed E-state index contributed by atoms with van der Waals surface area (Å²) in [7, 11) is 0. The van der Waals surface area contributed by atoms with E-state index in [-0.39, 0.29) is 57.0 Å². The molecule has 8 aromatic carbocycles. The minimum absolute atomic E-state index is 0.0160. The first-order valence-corrected chi connectivity index (χ1v) is 35.7. The molecule has 0 fully saturated rings. The molecule has 9 rings (SSSR count). The molecule has 558 valence electrons. The van der Waals surface area contributed by atoms with E-state index in [0.717, 1.165) is 67.7 Å². The van der Waals surface area contributed by atoms with Gasteiger partial charge in [-0.25, -0.2) is 17.6 Å². The molecule has 0 amide bonds. The Morgan fingerprint density at radius 3 is 1.35 bits per heavy atom. The van der Waals surface area contributed by atoms with E-state index in [9.17, 15) is 43.9 Å². The predicted octanol–water partition coefficient (Wildman–Crippen LogP) is 30.7. The van der Waals surface area contributed by atoms with E-state index in [2.05, 4.69) is 132 Å². The molecule has 0 aliphatic heterocycles. The maximum atomic E-state index is 13.1. The Hall–Kier alpha value is -7.05. The van der Waals surface area contributed by atoms with Gasteiger partial charge in [0.25, 0.3) is 0 Å². The molecule has 103 heavy (non-hydrogen) atoms. The molecule has 1 aromatic heterocycles. The van der Waals surface area contributed by atoms with Gasteiger partial charge in [0.15, 0.2) is 0 Å². The Bertz CT molecular complexity index is 3890. The van der Waals surface area contributed by atoms with Crippen molar-refractivity contribution in [2.24, 2.45) is 0 Å². The number of nitrogens with zero attached hydrogens (tertiary/aromatic N) is 2. The number of aromatic nitrogens is 1. The SMILES string of the molecule is CC(C)c1cc(C(F)(F)F)ccn1.CC(C)c1cc(F)cc(Cl)c1F.CC(C)c1ccc(-c2ccccc2)cc1.CC(C)c1cccc(OC(F)(F)F)c1.Cc1cc(C)c(Cl)c(C(C)C)c1.Cc1cc(Cl)cc(C(C)C)c1C#N.Cc1cc(F)c(Cl)c(C(C)C)c1.Cc1cc(F)cc(C(C)C)c1Cl. The number of hydrogen-bond donors (Lipinski definition) is 0. The van der Waals surface area contributed by atoms with Crippen molar-refractivity contribution >= 4 is 58.0 Å². The lowest BCUT2D eigenvalue weighted by molar-refractivity contribution is -0.274. The molecule has 3 nitrogen and oxygen atoms in total. The van der Waals surface area contributed by atoms with E-state index in [1.807, 2.05) is 100 Å². The summed E-state index contributed by atoms with van der Waals surface area (Å²) in [6.45, 7) is 41.7. The Kier molecular flexibility index (Phi) is 38.8. The van der Waals surface area contributed by atoms with Gasteiger partial charge in [-0.3, -0.25) is 4.98 Å². The van der Waals surface area contributed by atoms with Crippen LogP contribution in [-0.2, 0) is 6.18 Å². The minimum Gasteiger partial charge on any atom is -0.406 e. The average molecular weight is 1530 g/mol. The lowest BCUT2D eigenvalue weighted by Crippen LogP contribution is -2.17. The number of ether oxygens (including phenoxy) is 1. The van der Waals surface area contributed by atoms with Crippen molar-refractivity contribution in [3.05, 3.63) is 290 Å². The van der Waals surface area contributed by atoms with Crippen LogP contribution in [0.2, 0.25) is 25.1 Å². The first-order chi connectivity index (χ1) is 47.7. The number of halogens is 15. The van der Waals surface area contributed by atoms with Crippen LogP contribution in [0.4, 0.5) is 43.9 Å². The molecule has 0 saturated carbocycles. The van der Waals surface area contributed by atoms with E-state index in [1.54, 1.807) is 26.0 Å². The largest absolute Gasteiger partial charge is 0.573 e. The van der Waals surface area contributed by atoms with Gasteiger partial charge in [0.2, 0.25) is 0 Å². The lowest BCUT2D eigenvalue weighted by atomic mass is 9.95. The molecule has 0 bridgehead atoms. The van der Waals surface area contributed by atoms with Gasteiger partial charge < -0.3 is 4.74 Å². The summed E-state index contributed by atoms with van der Waals surface area (Å²) < 4.78 is 128. The second-order valence-electron chi connectivity index (χ2n) is 27.2. The van der Waals surface area contributed by atoms with Gasteiger partial charge in [-0.15, -0.1) is 13.2 Å². The molecule has 0 aliphatic rings. The summed E-state index contributed by atoms with van der Waals surface area (Å²) in [4.78, 5) is 3.85. The average Bonchev–Trinajstić information content (AvgIpc) is 0.860. The third-order valence-corrected chi connectivity index (χ3v) is 17.5. The normalized spacial score (nSPS) is 11.0. The van der Waals surface area contributed by atoms with Crippen LogP contribution in [0.15, 0.2) is 158 Å². The maximum absolute atomic E-state index is 13.1. The van der Waals surface area contributed by atoms with E-state index < -0.39 is 29.7 Å². The third kappa shape index (κ3) is 32.1. The highest BCUT2D eigenvalue weighted by Gasteiger charge is 2.32. The number of aryl methyl sites for hydroxylation is 5. The summed E-state index contributed by atoms with van der Waals surface area (Å²) in [6, 6.07) is 46.1. The number of pyridine rings is 1. The van der Waals surface area contributed by atoms with Crippen molar-refractivity contribution in [3.8, 4) is 22.9 Å². The molecule has 0 aliphatic carbocycles. The van der Waals surface area contributed by atoms with Crippen molar-refractivity contribution < 1.29 is 48.6 Å². The summed E-state index contributed by atoms with van der Waals surface area (Å²) in [5.41, 5.74) is 14.9. The Morgan fingerprint density at radius 1 is 0.408 bits per heavy atom. The summed E-state index contributed by atoms with van der Waals surface area (Å²) in [5.74, 6) is 0.437. The highest BCUT2D eigenvalue weighted by molar-refractivity contribution is 6.33. The van der Waals surface area contributed by atoms with Gasteiger partial charge in [-0.1, -0.05) is 259 Å². The number of rotatable bonds is 10. The first kappa shape index (κ1) is 92.0. The van der Waals surface area contributed by atoms with E-state index >= 15 is 0 Å². The third-order valence-electron chi connectivity index (χ3n) is 15.6. The molecule has 1 heterocycles. The van der Waals surface area contributed by atoms with Crippen molar-refractivity contribution in [3.63, 3.8) is 0 Å². The van der Waals surface area contributed by atoms with Crippen LogP contribution < -0.4 is 4.74 Å². The van der Waals surface area contributed by atoms with E-state index in [0.29, 0.717) is 39.1 Å². The molecular formula is C85H97Cl5F10N2O. The van der Waals surface area contributed by atoms with Gasteiger partial charge in [0.1, 0.15) is 29.0 Å². The summed E-state index contributed by atoms with van der Waals surface area (Å²) in [5, 5.41) is 11.4. The number of hydrogen-bond acceptors (Lipinski definition) is 3. The van der Waals surface area contributed by atoms with E-state index in [4.69, 9.17) is 63.3 Å². The topological polar surface area (TPSA) is 45.9 Å². The standard InChI is InChI=1S/C15H16.C11H12ClN.C11H15Cl.2C10H12ClF.C10H11F3O.C9H9ClF2.C9H10F3N/c1-12(2)13-8-10-15(11-9-13)14-6-4-3-5-7-14;1-7(2)10-5-9(12)4-8(3)11(10)6-13;1-7(2)10-6-8(3)5-9(4)11(10)12;1-6(2)9-5-8(12)4-7(3)10(9)11;1-6(2)8-4-7(3)5-9(12)10(8)11;1-7(2)8-4-3-5-9(6-8)14-10(11,12)13;1-5(2)7-3-6(11)4-8(10)9(7)12;1-6(2)8-5-7(3-4-13-8)9(10,11)12/h3-12H,1-2H3;4-5,7H,1-3H3;5-7H,1-4H3;2*4-6H,1-3H3;3-7H,1-2H3;3-5H,1-2H3;3-6H,1-2H3. The van der Waals surface area contributed by atoms with Crippen LogP contribution in [0.5, 0.6) is 5.75 Å². The lowest BCUT2D eigenvalue weighted by Gasteiger charge is -2.11. The number of benzene rings is 8. The predicted molar refractivity (Wildman–Crippen MR) is 412 cm³/mol.